The predicted octanol–water partition coefficient (Wildman–Crippen LogP) is 5.42. The second-order valence-electron chi connectivity index (χ2n) is 9.20. The highest BCUT2D eigenvalue weighted by Gasteiger charge is 2.30. The molecule has 0 bridgehead atoms. The van der Waals surface area contributed by atoms with Gasteiger partial charge in [-0.15, -0.1) is 0 Å². The minimum absolute atomic E-state index is 0.0229. The smallest absolute Gasteiger partial charge is 0.347 e. The van der Waals surface area contributed by atoms with E-state index in [1.807, 2.05) is 38.1 Å². The molecule has 1 heterocycles. The molecule has 0 aliphatic carbocycles. The lowest BCUT2D eigenvalue weighted by atomic mass is 10.0. The molecular weight excluding hydrogens is 446 g/mol. The van der Waals surface area contributed by atoms with Gasteiger partial charge in [0.05, 0.1) is 12.8 Å². The number of aryl methyl sites for hydroxylation is 2. The van der Waals surface area contributed by atoms with Crippen molar-refractivity contribution in [1.82, 2.24) is 4.90 Å². The van der Waals surface area contributed by atoms with Gasteiger partial charge in [0.1, 0.15) is 23.9 Å². The molecule has 0 aliphatic heterocycles. The second kappa shape index (κ2) is 11.2. The number of hydrogen-bond acceptors (Lipinski definition) is 6. The average molecular weight is 480 g/mol. The third-order valence-electron chi connectivity index (χ3n) is 5.70. The van der Waals surface area contributed by atoms with Crippen LogP contribution in [-0.4, -0.2) is 40.5 Å². The Labute approximate surface area is 206 Å². The van der Waals surface area contributed by atoms with Crippen LogP contribution in [0.1, 0.15) is 53.6 Å². The van der Waals surface area contributed by atoms with Crippen LogP contribution in [0, 0.1) is 13.8 Å². The van der Waals surface area contributed by atoms with E-state index in [4.69, 9.17) is 13.9 Å². The van der Waals surface area contributed by atoms with Crippen LogP contribution in [0.5, 0.6) is 11.5 Å². The Morgan fingerprint density at radius 1 is 1.03 bits per heavy atom. The minimum Gasteiger partial charge on any atom is -0.492 e. The number of aliphatic carboxylic acids is 1. The van der Waals surface area contributed by atoms with Gasteiger partial charge in [0.25, 0.3) is 0 Å². The van der Waals surface area contributed by atoms with E-state index in [0.29, 0.717) is 43.3 Å². The molecule has 0 saturated carbocycles. The van der Waals surface area contributed by atoms with Crippen molar-refractivity contribution in [3.63, 3.8) is 0 Å². The normalized spacial score (nSPS) is 11.5. The van der Waals surface area contributed by atoms with Gasteiger partial charge in [-0.2, -0.15) is 0 Å². The second-order valence-corrected chi connectivity index (χ2v) is 9.20. The SMILES string of the molecule is CC(=O)c1ccc(OCCN(Cc2cc(C)c(OC(C)(C)C(=O)O)c(C)c2)Cc2ccco2)cc1. The third kappa shape index (κ3) is 7.20. The standard InChI is InChI=1S/C28H33NO6/c1-19-15-22(16-20(2)26(19)35-28(4,5)27(31)32)17-29(18-25-7-6-13-33-25)12-14-34-24-10-8-23(9-11-24)21(3)30/h6-11,13,15-16H,12,14,17-18H2,1-5H3,(H,31,32). The van der Waals surface area contributed by atoms with Gasteiger partial charge in [-0.3, -0.25) is 9.69 Å². The van der Waals surface area contributed by atoms with Gasteiger partial charge >= 0.3 is 5.97 Å². The number of rotatable bonds is 12. The number of ketones is 1. The zero-order valence-electron chi connectivity index (χ0n) is 21.0. The quantitative estimate of drug-likeness (QED) is 0.347. The first-order valence-electron chi connectivity index (χ1n) is 11.6. The molecule has 3 rings (SSSR count). The zero-order valence-corrected chi connectivity index (χ0v) is 21.0. The van der Waals surface area contributed by atoms with Crippen LogP contribution in [0.25, 0.3) is 0 Å². The summed E-state index contributed by atoms with van der Waals surface area (Å²) in [6.07, 6.45) is 1.66. The van der Waals surface area contributed by atoms with Gasteiger partial charge < -0.3 is 19.0 Å². The van der Waals surface area contributed by atoms with Crippen LogP contribution in [0.4, 0.5) is 0 Å². The summed E-state index contributed by atoms with van der Waals surface area (Å²) in [5, 5.41) is 9.42. The van der Waals surface area contributed by atoms with Crippen molar-refractivity contribution >= 4 is 11.8 Å². The Bertz CT molecular complexity index is 1130. The molecule has 0 fully saturated rings. The highest BCUT2D eigenvalue weighted by molar-refractivity contribution is 5.94. The molecule has 1 N–H and O–H groups in total. The number of ether oxygens (including phenoxy) is 2. The monoisotopic (exact) mass is 479 g/mol. The number of carbonyl (C=O) groups excluding carboxylic acids is 1. The maximum absolute atomic E-state index is 11.5. The van der Waals surface area contributed by atoms with Crippen LogP contribution in [0.2, 0.25) is 0 Å². The summed E-state index contributed by atoms with van der Waals surface area (Å²) in [7, 11) is 0. The lowest BCUT2D eigenvalue weighted by Gasteiger charge is -2.26. The molecule has 3 aromatic rings. The Kier molecular flexibility index (Phi) is 8.35. The first-order valence-corrected chi connectivity index (χ1v) is 11.6. The number of furan rings is 1. The summed E-state index contributed by atoms with van der Waals surface area (Å²) in [6.45, 7) is 10.9. The Hall–Kier alpha value is -3.58. The minimum atomic E-state index is -1.32. The largest absolute Gasteiger partial charge is 0.492 e. The molecule has 0 saturated heterocycles. The number of carboxylic acid groups (broad SMARTS) is 1. The Balaban J connectivity index is 1.70. The van der Waals surface area contributed by atoms with E-state index in [0.717, 1.165) is 22.5 Å². The van der Waals surface area contributed by atoms with Gasteiger partial charge in [0.2, 0.25) is 0 Å². The molecule has 0 spiro atoms. The summed E-state index contributed by atoms with van der Waals surface area (Å²) in [4.78, 5) is 25.2. The van der Waals surface area contributed by atoms with Gasteiger partial charge in [-0.1, -0.05) is 12.1 Å². The fourth-order valence-electron chi connectivity index (χ4n) is 3.76. The van der Waals surface area contributed by atoms with Gasteiger partial charge in [-0.05, 0) is 87.7 Å². The van der Waals surface area contributed by atoms with Crippen molar-refractivity contribution in [1.29, 1.82) is 0 Å². The third-order valence-corrected chi connectivity index (χ3v) is 5.70. The van der Waals surface area contributed by atoms with Gasteiger partial charge in [-0.25, -0.2) is 4.79 Å². The molecule has 0 amide bonds. The van der Waals surface area contributed by atoms with Crippen LogP contribution in [0.3, 0.4) is 0 Å². The van der Waals surface area contributed by atoms with Crippen molar-refractivity contribution in [3.05, 3.63) is 82.8 Å². The Morgan fingerprint density at radius 2 is 1.69 bits per heavy atom. The van der Waals surface area contributed by atoms with Crippen LogP contribution < -0.4 is 9.47 Å². The fraction of sp³-hybridized carbons (Fsp3) is 0.357. The lowest BCUT2D eigenvalue weighted by molar-refractivity contribution is -0.152. The molecule has 186 valence electrons. The molecule has 2 aromatic carbocycles. The maximum Gasteiger partial charge on any atom is 0.347 e. The van der Waals surface area contributed by atoms with E-state index >= 15 is 0 Å². The first kappa shape index (κ1) is 26.0. The molecule has 0 unspecified atom stereocenters. The number of carbonyl (C=O) groups is 2. The fourth-order valence-corrected chi connectivity index (χ4v) is 3.76. The van der Waals surface area contributed by atoms with E-state index in [1.54, 1.807) is 44.4 Å². The van der Waals surface area contributed by atoms with Crippen molar-refractivity contribution in [2.75, 3.05) is 13.2 Å². The van der Waals surface area contributed by atoms with E-state index in [9.17, 15) is 14.7 Å². The average Bonchev–Trinajstić information content (AvgIpc) is 3.29. The van der Waals surface area contributed by atoms with Crippen LogP contribution in [-0.2, 0) is 17.9 Å². The van der Waals surface area contributed by atoms with E-state index < -0.39 is 11.6 Å². The predicted molar refractivity (Wildman–Crippen MR) is 133 cm³/mol. The summed E-state index contributed by atoms with van der Waals surface area (Å²) in [6, 6.07) is 15.0. The van der Waals surface area contributed by atoms with Crippen molar-refractivity contribution in [3.8, 4) is 11.5 Å². The van der Waals surface area contributed by atoms with Crippen molar-refractivity contribution in [2.24, 2.45) is 0 Å². The molecule has 7 nitrogen and oxygen atoms in total. The van der Waals surface area contributed by atoms with Crippen LogP contribution >= 0.6 is 0 Å². The number of nitrogens with zero attached hydrogens (tertiary/aromatic N) is 1. The highest BCUT2D eigenvalue weighted by Crippen LogP contribution is 2.29. The van der Waals surface area contributed by atoms with Crippen molar-refractivity contribution in [2.45, 2.75) is 53.3 Å². The van der Waals surface area contributed by atoms with E-state index in [2.05, 4.69) is 4.90 Å². The van der Waals surface area contributed by atoms with E-state index in [1.165, 1.54) is 6.92 Å². The number of carboxylic acids is 1. The first-order chi connectivity index (χ1) is 16.5. The zero-order chi connectivity index (χ0) is 25.6. The molecular formula is C28H33NO6. The molecule has 1 aromatic heterocycles. The van der Waals surface area contributed by atoms with Gasteiger partial charge in [0, 0.05) is 18.7 Å². The molecule has 0 aliphatic rings. The molecule has 7 heteroatoms. The summed E-state index contributed by atoms with van der Waals surface area (Å²) in [5.41, 5.74) is 2.19. The summed E-state index contributed by atoms with van der Waals surface area (Å²) >= 11 is 0. The maximum atomic E-state index is 11.5. The molecule has 35 heavy (non-hydrogen) atoms. The number of hydrogen-bond donors (Lipinski definition) is 1. The highest BCUT2D eigenvalue weighted by atomic mass is 16.5. The summed E-state index contributed by atoms with van der Waals surface area (Å²) < 4.78 is 17.3. The summed E-state index contributed by atoms with van der Waals surface area (Å²) in [5.74, 6) is 1.17. The molecule has 0 atom stereocenters. The van der Waals surface area contributed by atoms with Crippen molar-refractivity contribution < 1.29 is 28.6 Å². The Morgan fingerprint density at radius 3 is 2.23 bits per heavy atom. The number of Topliss-reactive ketones (excluding diaryl/α,β-unsaturated/α-hetero) is 1. The van der Waals surface area contributed by atoms with E-state index in [-0.39, 0.29) is 5.78 Å². The topological polar surface area (TPSA) is 89.2 Å². The lowest BCUT2D eigenvalue weighted by Crippen LogP contribution is -2.38. The van der Waals surface area contributed by atoms with Crippen LogP contribution in [0.15, 0.2) is 59.2 Å². The van der Waals surface area contributed by atoms with Gasteiger partial charge in [0.15, 0.2) is 11.4 Å². The number of benzene rings is 2. The molecule has 0 radical (unpaired) electrons.